The van der Waals surface area contributed by atoms with Crippen LogP contribution in [-0.2, 0) is 17.8 Å². The first-order chi connectivity index (χ1) is 8.35. The number of nitrogens with zero attached hydrogens (tertiary/aromatic N) is 1. The molecule has 1 atom stereocenters. The van der Waals surface area contributed by atoms with Gasteiger partial charge >= 0.3 is 0 Å². The number of hydrogen-bond donors (Lipinski definition) is 2. The second kappa shape index (κ2) is 6.12. The number of ether oxygens (including phenoxy) is 1. The molecule has 0 spiro atoms. The number of rotatable bonds is 4. The fourth-order valence-electron chi connectivity index (χ4n) is 2.20. The Labute approximate surface area is 102 Å². The minimum Gasteiger partial charge on any atom is -0.395 e. The first-order valence-electron chi connectivity index (χ1n) is 6.04. The maximum Gasteiger partial charge on any atom is 0.0644 e. The third kappa shape index (κ3) is 3.04. The van der Waals surface area contributed by atoms with E-state index in [2.05, 4.69) is 17.0 Å². The van der Waals surface area contributed by atoms with Gasteiger partial charge in [-0.3, -0.25) is 4.90 Å². The molecule has 2 rings (SSSR count). The van der Waals surface area contributed by atoms with Gasteiger partial charge in [-0.05, 0) is 11.1 Å². The Morgan fingerprint density at radius 2 is 2.12 bits per heavy atom. The number of nitrogens with two attached hydrogens (primary N) is 1. The van der Waals surface area contributed by atoms with Gasteiger partial charge in [0.1, 0.15) is 0 Å². The van der Waals surface area contributed by atoms with E-state index in [0.29, 0.717) is 13.2 Å². The topological polar surface area (TPSA) is 58.7 Å². The minimum absolute atomic E-state index is 0.106. The van der Waals surface area contributed by atoms with Gasteiger partial charge in [-0.25, -0.2) is 0 Å². The maximum absolute atomic E-state index is 9.32. The first-order valence-corrected chi connectivity index (χ1v) is 6.04. The summed E-state index contributed by atoms with van der Waals surface area (Å²) in [7, 11) is 0. The molecular weight excluding hydrogens is 216 g/mol. The Morgan fingerprint density at radius 3 is 2.82 bits per heavy atom. The molecule has 1 saturated heterocycles. The van der Waals surface area contributed by atoms with Gasteiger partial charge in [0, 0.05) is 19.6 Å². The molecule has 0 saturated carbocycles. The predicted molar refractivity (Wildman–Crippen MR) is 66.4 cm³/mol. The van der Waals surface area contributed by atoms with Gasteiger partial charge in [0.05, 0.1) is 25.9 Å². The van der Waals surface area contributed by atoms with Crippen LogP contribution in [0.5, 0.6) is 0 Å². The lowest BCUT2D eigenvalue weighted by Crippen LogP contribution is -2.47. The van der Waals surface area contributed by atoms with E-state index in [4.69, 9.17) is 10.5 Å². The number of aliphatic hydroxyl groups excluding tert-OH is 1. The lowest BCUT2D eigenvalue weighted by atomic mass is 10.1. The van der Waals surface area contributed by atoms with E-state index in [0.717, 1.165) is 19.7 Å². The molecule has 0 bridgehead atoms. The van der Waals surface area contributed by atoms with Crippen LogP contribution in [0.2, 0.25) is 0 Å². The zero-order valence-corrected chi connectivity index (χ0v) is 10.0. The zero-order chi connectivity index (χ0) is 12.1. The molecule has 1 aliphatic rings. The van der Waals surface area contributed by atoms with E-state index < -0.39 is 0 Å². The molecule has 0 aromatic heterocycles. The lowest BCUT2D eigenvalue weighted by Gasteiger charge is -2.34. The van der Waals surface area contributed by atoms with Crippen LogP contribution in [0.1, 0.15) is 11.1 Å². The van der Waals surface area contributed by atoms with Gasteiger partial charge in [0.15, 0.2) is 0 Å². The number of aliphatic hydroxyl groups is 1. The molecule has 1 heterocycles. The van der Waals surface area contributed by atoms with Crippen molar-refractivity contribution in [3.8, 4) is 0 Å². The summed E-state index contributed by atoms with van der Waals surface area (Å²) in [5.41, 5.74) is 8.15. The highest BCUT2D eigenvalue weighted by Crippen LogP contribution is 2.15. The number of morpholine rings is 1. The van der Waals surface area contributed by atoms with Crippen LogP contribution in [-0.4, -0.2) is 42.4 Å². The second-order valence-electron chi connectivity index (χ2n) is 4.35. The molecule has 0 aliphatic carbocycles. The Hall–Kier alpha value is -0.940. The van der Waals surface area contributed by atoms with E-state index in [1.807, 2.05) is 12.1 Å². The molecule has 94 valence electrons. The lowest BCUT2D eigenvalue weighted by molar-refractivity contribution is -0.0313. The summed E-state index contributed by atoms with van der Waals surface area (Å²) in [4.78, 5) is 2.26. The van der Waals surface area contributed by atoms with Gasteiger partial charge in [0.25, 0.3) is 0 Å². The summed E-state index contributed by atoms with van der Waals surface area (Å²) >= 11 is 0. The Balaban J connectivity index is 2.08. The van der Waals surface area contributed by atoms with Crippen molar-refractivity contribution in [2.75, 3.05) is 26.4 Å². The van der Waals surface area contributed by atoms with Crippen molar-refractivity contribution in [1.29, 1.82) is 0 Å². The van der Waals surface area contributed by atoms with Crippen LogP contribution >= 0.6 is 0 Å². The smallest absolute Gasteiger partial charge is 0.0644 e. The van der Waals surface area contributed by atoms with E-state index in [-0.39, 0.29) is 12.6 Å². The van der Waals surface area contributed by atoms with Crippen LogP contribution in [0.4, 0.5) is 0 Å². The first kappa shape index (κ1) is 12.5. The van der Waals surface area contributed by atoms with E-state index >= 15 is 0 Å². The standard InChI is InChI=1S/C13H20N2O2/c14-7-11-3-1-2-4-12(11)8-15-5-6-17-10-13(15)9-16/h1-4,13,16H,5-10,14H2. The Morgan fingerprint density at radius 1 is 1.35 bits per heavy atom. The molecular formula is C13H20N2O2. The molecule has 0 radical (unpaired) electrons. The molecule has 4 nitrogen and oxygen atoms in total. The summed E-state index contributed by atoms with van der Waals surface area (Å²) in [6.45, 7) is 3.75. The molecule has 1 unspecified atom stereocenters. The fourth-order valence-corrected chi connectivity index (χ4v) is 2.20. The largest absolute Gasteiger partial charge is 0.395 e. The molecule has 0 amide bonds. The molecule has 17 heavy (non-hydrogen) atoms. The highest BCUT2D eigenvalue weighted by Gasteiger charge is 2.22. The van der Waals surface area contributed by atoms with E-state index in [1.165, 1.54) is 11.1 Å². The van der Waals surface area contributed by atoms with Gasteiger partial charge in [-0.15, -0.1) is 0 Å². The average Bonchev–Trinajstić information content (AvgIpc) is 2.40. The molecule has 4 heteroatoms. The summed E-state index contributed by atoms with van der Waals surface area (Å²) in [5.74, 6) is 0. The van der Waals surface area contributed by atoms with Crippen molar-refractivity contribution in [3.63, 3.8) is 0 Å². The van der Waals surface area contributed by atoms with Gasteiger partial charge in [0.2, 0.25) is 0 Å². The van der Waals surface area contributed by atoms with Gasteiger partial charge in [-0.2, -0.15) is 0 Å². The maximum atomic E-state index is 9.32. The monoisotopic (exact) mass is 236 g/mol. The molecule has 1 aromatic rings. The number of hydrogen-bond acceptors (Lipinski definition) is 4. The van der Waals surface area contributed by atoms with Crippen molar-refractivity contribution in [1.82, 2.24) is 4.90 Å². The fraction of sp³-hybridized carbons (Fsp3) is 0.538. The van der Waals surface area contributed by atoms with Crippen LogP contribution in [0, 0.1) is 0 Å². The Bertz CT molecular complexity index is 357. The normalized spacial score (nSPS) is 21.6. The van der Waals surface area contributed by atoms with Crippen molar-refractivity contribution < 1.29 is 9.84 Å². The van der Waals surface area contributed by atoms with Crippen LogP contribution in [0.15, 0.2) is 24.3 Å². The highest BCUT2D eigenvalue weighted by atomic mass is 16.5. The SMILES string of the molecule is NCc1ccccc1CN1CCOCC1CO. The minimum atomic E-state index is 0.106. The zero-order valence-electron chi connectivity index (χ0n) is 10.0. The number of benzene rings is 1. The average molecular weight is 236 g/mol. The van der Waals surface area contributed by atoms with Crippen LogP contribution in [0.25, 0.3) is 0 Å². The Kier molecular flexibility index (Phi) is 4.50. The second-order valence-corrected chi connectivity index (χ2v) is 4.35. The van der Waals surface area contributed by atoms with Crippen molar-refractivity contribution >= 4 is 0 Å². The van der Waals surface area contributed by atoms with E-state index in [9.17, 15) is 5.11 Å². The third-order valence-electron chi connectivity index (χ3n) is 3.27. The third-order valence-corrected chi connectivity index (χ3v) is 3.27. The molecule has 1 fully saturated rings. The quantitative estimate of drug-likeness (QED) is 0.791. The van der Waals surface area contributed by atoms with Gasteiger partial charge in [-0.1, -0.05) is 24.3 Å². The summed E-state index contributed by atoms with van der Waals surface area (Å²) < 4.78 is 5.37. The van der Waals surface area contributed by atoms with Crippen LogP contribution in [0.3, 0.4) is 0 Å². The van der Waals surface area contributed by atoms with E-state index in [1.54, 1.807) is 0 Å². The molecule has 3 N–H and O–H groups in total. The van der Waals surface area contributed by atoms with Crippen molar-refractivity contribution in [3.05, 3.63) is 35.4 Å². The van der Waals surface area contributed by atoms with Crippen LogP contribution < -0.4 is 5.73 Å². The highest BCUT2D eigenvalue weighted by molar-refractivity contribution is 5.26. The van der Waals surface area contributed by atoms with Gasteiger partial charge < -0.3 is 15.6 Å². The predicted octanol–water partition coefficient (Wildman–Crippen LogP) is 0.338. The molecule has 1 aromatic carbocycles. The van der Waals surface area contributed by atoms with Crippen molar-refractivity contribution in [2.24, 2.45) is 5.73 Å². The molecule has 1 aliphatic heterocycles. The van der Waals surface area contributed by atoms with Crippen molar-refractivity contribution in [2.45, 2.75) is 19.1 Å². The summed E-state index contributed by atoms with van der Waals surface area (Å²) in [6, 6.07) is 8.31. The summed E-state index contributed by atoms with van der Waals surface area (Å²) in [5, 5.41) is 9.32. The summed E-state index contributed by atoms with van der Waals surface area (Å²) in [6.07, 6.45) is 0.